The van der Waals surface area contributed by atoms with Crippen molar-refractivity contribution in [2.75, 3.05) is 6.54 Å². The van der Waals surface area contributed by atoms with Crippen molar-refractivity contribution >= 4 is 23.7 Å². The molecule has 26 heavy (non-hydrogen) atoms. The topological polar surface area (TPSA) is 64.3 Å². The SMILES string of the molecule is CC(C)(C)c1cc(C=C2SC=CN(CC#N)C2=O)cc(C(C)(C)C)c1O. The lowest BCUT2D eigenvalue weighted by Gasteiger charge is -2.28. The molecule has 2 rings (SSSR count). The fourth-order valence-electron chi connectivity index (χ4n) is 2.77. The molecule has 1 amide bonds. The normalized spacial score (nSPS) is 16.9. The van der Waals surface area contributed by atoms with Crippen LogP contribution in [-0.2, 0) is 15.6 Å². The third-order valence-corrected chi connectivity index (χ3v) is 5.00. The van der Waals surface area contributed by atoms with Gasteiger partial charge in [-0.2, -0.15) is 5.26 Å². The molecule has 138 valence electrons. The van der Waals surface area contributed by atoms with Gasteiger partial charge in [-0.1, -0.05) is 53.3 Å². The molecule has 5 heteroatoms. The number of hydrogen-bond acceptors (Lipinski definition) is 4. The molecule has 0 saturated heterocycles. The third kappa shape index (κ3) is 4.31. The summed E-state index contributed by atoms with van der Waals surface area (Å²) in [6.45, 7) is 12.4. The molecule has 0 aromatic heterocycles. The van der Waals surface area contributed by atoms with Gasteiger partial charge in [-0.25, -0.2) is 0 Å². The number of nitrogens with zero attached hydrogens (tertiary/aromatic N) is 2. The summed E-state index contributed by atoms with van der Waals surface area (Å²) in [4.78, 5) is 14.5. The number of benzene rings is 1. The van der Waals surface area contributed by atoms with Crippen molar-refractivity contribution in [1.29, 1.82) is 5.26 Å². The van der Waals surface area contributed by atoms with E-state index in [2.05, 4.69) is 41.5 Å². The maximum atomic E-state index is 12.5. The van der Waals surface area contributed by atoms with Crippen molar-refractivity contribution < 1.29 is 9.90 Å². The van der Waals surface area contributed by atoms with Crippen LogP contribution in [0.3, 0.4) is 0 Å². The van der Waals surface area contributed by atoms with Gasteiger partial charge in [0.05, 0.1) is 11.0 Å². The third-order valence-electron chi connectivity index (χ3n) is 4.19. The van der Waals surface area contributed by atoms with Gasteiger partial charge >= 0.3 is 0 Å². The van der Waals surface area contributed by atoms with E-state index in [9.17, 15) is 9.90 Å². The van der Waals surface area contributed by atoms with Crippen molar-refractivity contribution in [2.24, 2.45) is 0 Å². The van der Waals surface area contributed by atoms with Crippen LogP contribution < -0.4 is 0 Å². The molecule has 0 radical (unpaired) electrons. The fourth-order valence-corrected chi connectivity index (χ4v) is 3.54. The maximum absolute atomic E-state index is 12.5. The Hall–Kier alpha value is -2.19. The number of amides is 1. The molecule has 0 fully saturated rings. The van der Waals surface area contributed by atoms with Crippen LogP contribution in [0.4, 0.5) is 0 Å². The molecule has 1 aromatic rings. The van der Waals surface area contributed by atoms with E-state index in [0.717, 1.165) is 16.7 Å². The lowest BCUT2D eigenvalue weighted by molar-refractivity contribution is -0.123. The molecule has 1 heterocycles. The standard InChI is InChI=1S/C21H26N2O2S/c1-20(2,3)15-11-14(12-16(18(15)24)21(4,5)6)13-17-19(25)23(8-7-22)9-10-26-17/h9-13,24H,8H2,1-6H3. The molecule has 0 bridgehead atoms. The van der Waals surface area contributed by atoms with Crippen LogP contribution in [0.15, 0.2) is 28.6 Å². The van der Waals surface area contributed by atoms with Crippen molar-refractivity contribution in [3.8, 4) is 11.8 Å². The van der Waals surface area contributed by atoms with E-state index in [0.29, 0.717) is 10.7 Å². The average molecular weight is 371 g/mol. The highest BCUT2D eigenvalue weighted by Crippen LogP contribution is 2.40. The zero-order valence-corrected chi connectivity index (χ0v) is 17.1. The highest BCUT2D eigenvalue weighted by Gasteiger charge is 2.27. The van der Waals surface area contributed by atoms with Gasteiger partial charge in [0.15, 0.2) is 0 Å². The van der Waals surface area contributed by atoms with E-state index < -0.39 is 0 Å². The Bertz CT molecular complexity index is 783. The van der Waals surface area contributed by atoms with Gasteiger partial charge in [0.25, 0.3) is 5.91 Å². The molecule has 0 atom stereocenters. The molecule has 0 spiro atoms. The molecule has 0 saturated carbocycles. The molecule has 1 aliphatic heterocycles. The number of nitriles is 1. The van der Waals surface area contributed by atoms with Gasteiger partial charge in [-0.3, -0.25) is 4.79 Å². The summed E-state index contributed by atoms with van der Waals surface area (Å²) in [7, 11) is 0. The van der Waals surface area contributed by atoms with Crippen LogP contribution in [0, 0.1) is 11.3 Å². The first kappa shape index (κ1) is 20.1. The van der Waals surface area contributed by atoms with E-state index in [4.69, 9.17) is 5.26 Å². The minimum Gasteiger partial charge on any atom is -0.507 e. The lowest BCUT2D eigenvalue weighted by Crippen LogP contribution is -2.28. The number of aromatic hydroxyl groups is 1. The molecule has 1 N–H and O–H groups in total. The summed E-state index contributed by atoms with van der Waals surface area (Å²) in [5.74, 6) is 0.141. The number of carbonyl (C=O) groups excluding carboxylic acids is 1. The summed E-state index contributed by atoms with van der Waals surface area (Å²) in [5, 5.41) is 21.5. The molecular weight excluding hydrogens is 344 g/mol. The minimum atomic E-state index is -0.227. The van der Waals surface area contributed by atoms with Gasteiger partial charge < -0.3 is 10.0 Å². The van der Waals surface area contributed by atoms with Gasteiger partial charge in [0.1, 0.15) is 12.3 Å². The number of carbonyl (C=O) groups is 1. The Morgan fingerprint density at radius 2 is 1.69 bits per heavy atom. The predicted octanol–water partition coefficient (Wildman–Crippen LogP) is 4.90. The highest BCUT2D eigenvalue weighted by molar-refractivity contribution is 8.06. The Morgan fingerprint density at radius 1 is 1.15 bits per heavy atom. The zero-order valence-electron chi connectivity index (χ0n) is 16.3. The second kappa shape index (κ2) is 7.20. The highest BCUT2D eigenvalue weighted by atomic mass is 32.2. The molecule has 1 aromatic carbocycles. The Balaban J connectivity index is 2.59. The second-order valence-electron chi connectivity index (χ2n) is 8.47. The fraction of sp³-hybridized carbons (Fsp3) is 0.429. The van der Waals surface area contributed by atoms with E-state index in [-0.39, 0.29) is 23.3 Å². The average Bonchev–Trinajstić information content (AvgIpc) is 2.50. The van der Waals surface area contributed by atoms with E-state index >= 15 is 0 Å². The van der Waals surface area contributed by atoms with Gasteiger partial charge in [-0.15, -0.1) is 0 Å². The first-order chi connectivity index (χ1) is 11.9. The number of thioether (sulfide) groups is 1. The molecular formula is C21H26N2O2S. The molecule has 0 aliphatic carbocycles. The molecule has 0 unspecified atom stereocenters. The van der Waals surface area contributed by atoms with Crippen LogP contribution in [0.25, 0.3) is 6.08 Å². The first-order valence-electron chi connectivity index (χ1n) is 8.56. The molecule has 1 aliphatic rings. The van der Waals surface area contributed by atoms with E-state index in [1.54, 1.807) is 11.6 Å². The van der Waals surface area contributed by atoms with E-state index in [1.807, 2.05) is 24.3 Å². The Morgan fingerprint density at radius 3 is 2.15 bits per heavy atom. The maximum Gasteiger partial charge on any atom is 0.265 e. The molecule has 4 nitrogen and oxygen atoms in total. The number of hydrogen-bond donors (Lipinski definition) is 1. The summed E-state index contributed by atoms with van der Waals surface area (Å²) in [6.07, 6.45) is 3.47. The Labute approximate surface area is 160 Å². The van der Waals surface area contributed by atoms with Crippen molar-refractivity contribution in [1.82, 2.24) is 4.90 Å². The van der Waals surface area contributed by atoms with Crippen LogP contribution in [-0.4, -0.2) is 22.5 Å². The Kier molecular flexibility index (Phi) is 5.58. The van der Waals surface area contributed by atoms with Crippen molar-refractivity contribution in [3.05, 3.63) is 45.3 Å². The second-order valence-corrected chi connectivity index (χ2v) is 9.42. The van der Waals surface area contributed by atoms with Crippen molar-refractivity contribution in [2.45, 2.75) is 52.4 Å². The number of phenols is 1. The summed E-state index contributed by atoms with van der Waals surface area (Å²) >= 11 is 1.34. The summed E-state index contributed by atoms with van der Waals surface area (Å²) in [5.41, 5.74) is 2.13. The number of phenolic OH excluding ortho intramolecular Hbond substituents is 1. The smallest absolute Gasteiger partial charge is 0.265 e. The van der Waals surface area contributed by atoms with Gasteiger partial charge in [-0.05, 0) is 40.0 Å². The minimum absolute atomic E-state index is 0.0310. The van der Waals surface area contributed by atoms with Crippen LogP contribution >= 0.6 is 11.8 Å². The first-order valence-corrected chi connectivity index (χ1v) is 9.44. The van der Waals surface area contributed by atoms with Crippen LogP contribution in [0.1, 0.15) is 58.2 Å². The van der Waals surface area contributed by atoms with Gasteiger partial charge in [0.2, 0.25) is 0 Å². The summed E-state index contributed by atoms with van der Waals surface area (Å²) < 4.78 is 0. The zero-order chi connectivity index (χ0) is 19.7. The lowest BCUT2D eigenvalue weighted by atomic mass is 9.78. The monoisotopic (exact) mass is 370 g/mol. The van der Waals surface area contributed by atoms with Crippen LogP contribution in [0.5, 0.6) is 5.75 Å². The predicted molar refractivity (Wildman–Crippen MR) is 108 cm³/mol. The van der Waals surface area contributed by atoms with Gasteiger partial charge in [0, 0.05) is 17.3 Å². The van der Waals surface area contributed by atoms with Crippen molar-refractivity contribution in [3.63, 3.8) is 0 Å². The largest absolute Gasteiger partial charge is 0.507 e. The van der Waals surface area contributed by atoms with Crippen LogP contribution in [0.2, 0.25) is 0 Å². The quantitative estimate of drug-likeness (QED) is 0.594. The summed E-state index contributed by atoms with van der Waals surface area (Å²) in [6, 6.07) is 5.89. The van der Waals surface area contributed by atoms with E-state index in [1.165, 1.54) is 16.7 Å². The number of rotatable bonds is 2.